The second kappa shape index (κ2) is 5.83. The highest BCUT2D eigenvalue weighted by Crippen LogP contribution is 2.34. The fraction of sp³-hybridized carbons (Fsp3) is 0.111. The number of nitrogens with one attached hydrogen (secondary N) is 2. The first-order valence-corrected chi connectivity index (χ1v) is 7.85. The van der Waals surface area contributed by atoms with Gasteiger partial charge in [-0.15, -0.1) is 0 Å². The Balaban J connectivity index is 1.66. The first-order valence-electron chi connectivity index (χ1n) is 7.85. The van der Waals surface area contributed by atoms with Crippen LogP contribution in [0.1, 0.15) is 11.4 Å². The molecule has 0 spiro atoms. The average Bonchev–Trinajstić information content (AvgIpc) is 3.14. The molecular formula is C18H12F4N4O. The predicted octanol–water partition coefficient (Wildman–Crippen LogP) is 4.49. The van der Waals surface area contributed by atoms with Crippen LogP contribution in [0.5, 0.6) is 0 Å². The van der Waals surface area contributed by atoms with Crippen LogP contribution in [-0.2, 0) is 6.18 Å². The summed E-state index contributed by atoms with van der Waals surface area (Å²) in [6.07, 6.45) is -4.45. The number of halogens is 4. The maximum absolute atomic E-state index is 13.3. The molecule has 27 heavy (non-hydrogen) atoms. The predicted molar refractivity (Wildman–Crippen MR) is 92.1 cm³/mol. The van der Waals surface area contributed by atoms with Crippen molar-refractivity contribution in [3.05, 3.63) is 65.4 Å². The van der Waals surface area contributed by atoms with Gasteiger partial charge in [0.15, 0.2) is 0 Å². The number of benzene rings is 2. The number of rotatable bonds is 2. The zero-order valence-corrected chi connectivity index (χ0v) is 13.6. The van der Waals surface area contributed by atoms with E-state index < -0.39 is 17.6 Å². The largest absolute Gasteiger partial charge is 0.509 e. The fourth-order valence-electron chi connectivity index (χ4n) is 2.98. The molecule has 0 unspecified atom stereocenters. The Morgan fingerprint density at radius 3 is 2.48 bits per heavy atom. The van der Waals surface area contributed by atoms with Crippen LogP contribution < -0.4 is 4.90 Å². The number of hydrogen-bond acceptors (Lipinski definition) is 3. The molecule has 0 fully saturated rings. The molecule has 2 aromatic carbocycles. The number of hydrogen-bond donors (Lipinski definition) is 3. The first-order chi connectivity index (χ1) is 12.7. The molecule has 0 radical (unpaired) electrons. The molecule has 3 N–H and O–H groups in total. The highest BCUT2D eigenvalue weighted by Gasteiger charge is 2.33. The molecule has 1 aliphatic rings. The summed E-state index contributed by atoms with van der Waals surface area (Å²) in [4.78, 5) is 8.47. The molecular weight excluding hydrogens is 364 g/mol. The summed E-state index contributed by atoms with van der Waals surface area (Å²) in [5.41, 5.74) is 0.524. The van der Waals surface area contributed by atoms with Gasteiger partial charge in [0.1, 0.15) is 23.2 Å². The van der Waals surface area contributed by atoms with Crippen LogP contribution in [0.3, 0.4) is 0 Å². The van der Waals surface area contributed by atoms with E-state index in [1.54, 1.807) is 0 Å². The summed E-state index contributed by atoms with van der Waals surface area (Å²) < 4.78 is 51.5. The molecule has 9 heteroatoms. The standard InChI is InChI=1S/C18H12F4N4O/c19-10-3-6-12-13(7-10)25-17(24-12)15-14(27)8-26(16(15)23)11-4-1-9(2-5-11)18(20,21)22/h1-7,23,27H,8H2,(H,24,25). The van der Waals surface area contributed by atoms with Gasteiger partial charge in [-0.3, -0.25) is 5.41 Å². The van der Waals surface area contributed by atoms with Crippen molar-refractivity contribution in [3.8, 4) is 0 Å². The van der Waals surface area contributed by atoms with Crippen LogP contribution in [0.4, 0.5) is 23.2 Å². The van der Waals surface area contributed by atoms with Crippen molar-refractivity contribution in [2.24, 2.45) is 0 Å². The molecule has 138 valence electrons. The van der Waals surface area contributed by atoms with Crippen molar-refractivity contribution in [2.75, 3.05) is 11.4 Å². The maximum atomic E-state index is 13.3. The average molecular weight is 376 g/mol. The number of fused-ring (bicyclic) bond motifs is 1. The Kier molecular flexibility index (Phi) is 3.69. The van der Waals surface area contributed by atoms with E-state index >= 15 is 0 Å². The van der Waals surface area contributed by atoms with Crippen molar-refractivity contribution >= 4 is 28.1 Å². The molecule has 4 rings (SSSR count). The van der Waals surface area contributed by atoms with Crippen molar-refractivity contribution in [2.45, 2.75) is 6.18 Å². The lowest BCUT2D eigenvalue weighted by molar-refractivity contribution is -0.137. The van der Waals surface area contributed by atoms with Crippen LogP contribution in [0.25, 0.3) is 16.6 Å². The SMILES string of the molecule is N=C1C(c2nc3ccc(F)cc3[nH]2)=C(O)CN1c1ccc(C(F)(F)F)cc1. The van der Waals surface area contributed by atoms with Gasteiger partial charge in [-0.2, -0.15) is 13.2 Å². The first kappa shape index (κ1) is 17.1. The van der Waals surface area contributed by atoms with Crippen LogP contribution >= 0.6 is 0 Å². The summed E-state index contributed by atoms with van der Waals surface area (Å²) in [6, 6.07) is 8.27. The van der Waals surface area contributed by atoms with Gasteiger partial charge >= 0.3 is 6.18 Å². The van der Waals surface area contributed by atoms with Crippen molar-refractivity contribution in [1.82, 2.24) is 9.97 Å². The lowest BCUT2D eigenvalue weighted by atomic mass is 10.2. The summed E-state index contributed by atoms with van der Waals surface area (Å²) >= 11 is 0. The molecule has 0 amide bonds. The molecule has 5 nitrogen and oxygen atoms in total. The van der Waals surface area contributed by atoms with Gasteiger partial charge in [-0.05, 0) is 42.5 Å². The number of aromatic amines is 1. The summed E-state index contributed by atoms with van der Waals surface area (Å²) in [5.74, 6) is -0.539. The van der Waals surface area contributed by atoms with Gasteiger partial charge in [0.2, 0.25) is 0 Å². The lowest BCUT2D eigenvalue weighted by Crippen LogP contribution is -2.26. The van der Waals surface area contributed by atoms with Gasteiger partial charge in [0.25, 0.3) is 0 Å². The Labute approximate surface area is 150 Å². The number of amidine groups is 1. The molecule has 1 aromatic heterocycles. The van der Waals surface area contributed by atoms with E-state index in [1.165, 1.54) is 35.2 Å². The number of alkyl halides is 3. The number of aromatic nitrogens is 2. The van der Waals surface area contributed by atoms with Crippen LogP contribution in [0, 0.1) is 11.2 Å². The van der Waals surface area contributed by atoms with Gasteiger partial charge in [-0.25, -0.2) is 9.37 Å². The van der Waals surface area contributed by atoms with Crippen LogP contribution in [-0.4, -0.2) is 27.5 Å². The molecule has 0 saturated heterocycles. The molecule has 0 atom stereocenters. The molecule has 1 aliphatic heterocycles. The Hall–Kier alpha value is -3.36. The zero-order valence-electron chi connectivity index (χ0n) is 13.6. The smallest absolute Gasteiger partial charge is 0.416 e. The number of imidazole rings is 1. The van der Waals surface area contributed by atoms with E-state index in [2.05, 4.69) is 9.97 Å². The van der Waals surface area contributed by atoms with E-state index in [0.717, 1.165) is 12.1 Å². The third-order valence-electron chi connectivity index (χ3n) is 4.29. The van der Waals surface area contributed by atoms with Crippen molar-refractivity contribution in [1.29, 1.82) is 5.41 Å². The number of aliphatic hydroxyl groups excluding tert-OH is 1. The van der Waals surface area contributed by atoms with Gasteiger partial charge < -0.3 is 15.0 Å². The highest BCUT2D eigenvalue weighted by molar-refractivity contribution is 6.30. The molecule has 0 bridgehead atoms. The maximum Gasteiger partial charge on any atom is 0.416 e. The minimum absolute atomic E-state index is 0.0784. The number of aliphatic hydroxyl groups is 1. The molecule has 0 aliphatic carbocycles. The number of nitrogens with zero attached hydrogens (tertiary/aromatic N) is 2. The second-order valence-corrected chi connectivity index (χ2v) is 6.05. The van der Waals surface area contributed by atoms with Gasteiger partial charge in [0.05, 0.1) is 28.7 Å². The normalized spacial score (nSPS) is 15.3. The Morgan fingerprint density at radius 2 is 1.81 bits per heavy atom. The number of H-pyrrole nitrogens is 1. The lowest BCUT2D eigenvalue weighted by Gasteiger charge is -2.19. The fourth-order valence-corrected chi connectivity index (χ4v) is 2.98. The summed E-state index contributed by atoms with van der Waals surface area (Å²) in [7, 11) is 0. The quantitative estimate of drug-likeness (QED) is 0.577. The monoisotopic (exact) mass is 376 g/mol. The third kappa shape index (κ3) is 2.90. The number of anilines is 1. The molecule has 2 heterocycles. The Morgan fingerprint density at radius 1 is 1.11 bits per heavy atom. The van der Waals surface area contributed by atoms with Crippen LogP contribution in [0.2, 0.25) is 0 Å². The van der Waals surface area contributed by atoms with Gasteiger partial charge in [0, 0.05) is 5.69 Å². The van der Waals surface area contributed by atoms with E-state index in [0.29, 0.717) is 16.7 Å². The zero-order chi connectivity index (χ0) is 19.3. The van der Waals surface area contributed by atoms with E-state index in [1.807, 2.05) is 0 Å². The molecule has 0 saturated carbocycles. The minimum atomic E-state index is -4.45. The minimum Gasteiger partial charge on any atom is -0.509 e. The Bertz CT molecular complexity index is 1080. The van der Waals surface area contributed by atoms with Crippen molar-refractivity contribution in [3.63, 3.8) is 0 Å². The highest BCUT2D eigenvalue weighted by atomic mass is 19.4. The van der Waals surface area contributed by atoms with Gasteiger partial charge in [-0.1, -0.05) is 0 Å². The van der Waals surface area contributed by atoms with Crippen molar-refractivity contribution < 1.29 is 22.7 Å². The second-order valence-electron chi connectivity index (χ2n) is 6.05. The van der Waals surface area contributed by atoms with E-state index in [4.69, 9.17) is 5.41 Å². The summed E-state index contributed by atoms with van der Waals surface area (Å²) in [5, 5.41) is 18.6. The molecule has 3 aromatic rings. The van der Waals surface area contributed by atoms with Crippen LogP contribution in [0.15, 0.2) is 48.2 Å². The van der Waals surface area contributed by atoms with E-state index in [9.17, 15) is 22.7 Å². The summed E-state index contributed by atoms with van der Waals surface area (Å²) in [6.45, 7) is -0.0784. The third-order valence-corrected chi connectivity index (χ3v) is 4.29. The topological polar surface area (TPSA) is 76.0 Å². The van der Waals surface area contributed by atoms with E-state index in [-0.39, 0.29) is 29.5 Å².